The van der Waals surface area contributed by atoms with Gasteiger partial charge in [0.25, 0.3) is 0 Å². The number of nitrogens with one attached hydrogen (secondary N) is 1. The Kier molecular flexibility index (Phi) is 4.78. The second-order valence-corrected chi connectivity index (χ2v) is 6.48. The molecule has 1 saturated heterocycles. The minimum Gasteiger partial charge on any atom is -0.342 e. The SMILES string of the molecule is CC(C)Cc1[nH]c(N2CCCCC2)nc(=S)c1Br. The highest BCUT2D eigenvalue weighted by Gasteiger charge is 2.15. The van der Waals surface area contributed by atoms with E-state index in [4.69, 9.17) is 12.2 Å². The summed E-state index contributed by atoms with van der Waals surface area (Å²) < 4.78 is 1.62. The zero-order valence-corrected chi connectivity index (χ0v) is 13.4. The fourth-order valence-electron chi connectivity index (χ4n) is 2.30. The third kappa shape index (κ3) is 3.32. The van der Waals surface area contributed by atoms with E-state index < -0.39 is 0 Å². The van der Waals surface area contributed by atoms with Crippen LogP contribution >= 0.6 is 28.1 Å². The van der Waals surface area contributed by atoms with Gasteiger partial charge in [-0.25, -0.2) is 4.98 Å². The molecule has 2 rings (SSSR count). The van der Waals surface area contributed by atoms with E-state index in [1.807, 2.05) is 0 Å². The zero-order valence-electron chi connectivity index (χ0n) is 11.0. The van der Waals surface area contributed by atoms with Gasteiger partial charge in [0.05, 0.1) is 4.47 Å². The molecule has 1 aliphatic rings. The topological polar surface area (TPSA) is 31.9 Å². The fourth-order valence-corrected chi connectivity index (χ4v) is 2.86. The Labute approximate surface area is 122 Å². The van der Waals surface area contributed by atoms with Crippen LogP contribution in [0.3, 0.4) is 0 Å². The highest BCUT2D eigenvalue weighted by atomic mass is 79.9. The van der Waals surface area contributed by atoms with Crippen LogP contribution in [0.25, 0.3) is 0 Å². The van der Waals surface area contributed by atoms with Crippen molar-refractivity contribution < 1.29 is 0 Å². The molecule has 0 aromatic carbocycles. The molecule has 18 heavy (non-hydrogen) atoms. The van der Waals surface area contributed by atoms with E-state index >= 15 is 0 Å². The Morgan fingerprint density at radius 2 is 2.00 bits per heavy atom. The summed E-state index contributed by atoms with van der Waals surface area (Å²) in [5.41, 5.74) is 1.17. The minimum absolute atomic E-state index is 0.601. The first-order valence-corrected chi connectivity index (χ1v) is 7.81. The van der Waals surface area contributed by atoms with Crippen molar-refractivity contribution in [2.75, 3.05) is 18.0 Å². The number of aromatic nitrogens is 2. The van der Waals surface area contributed by atoms with Gasteiger partial charge < -0.3 is 9.88 Å². The first-order valence-electron chi connectivity index (χ1n) is 6.61. The minimum atomic E-state index is 0.601. The van der Waals surface area contributed by atoms with Crippen LogP contribution in [0.1, 0.15) is 38.8 Å². The van der Waals surface area contributed by atoms with Crippen molar-refractivity contribution in [3.8, 4) is 0 Å². The van der Waals surface area contributed by atoms with Crippen molar-refractivity contribution in [1.29, 1.82) is 0 Å². The lowest BCUT2D eigenvalue weighted by molar-refractivity contribution is 0.564. The van der Waals surface area contributed by atoms with Crippen molar-refractivity contribution in [3.05, 3.63) is 14.8 Å². The number of nitrogens with zero attached hydrogens (tertiary/aromatic N) is 2. The summed E-state index contributed by atoms with van der Waals surface area (Å²) in [5, 5.41) is 0. The highest BCUT2D eigenvalue weighted by Crippen LogP contribution is 2.23. The summed E-state index contributed by atoms with van der Waals surface area (Å²) in [6.07, 6.45) is 4.82. The van der Waals surface area contributed by atoms with Crippen LogP contribution in [0.4, 0.5) is 5.95 Å². The van der Waals surface area contributed by atoms with Crippen LogP contribution in [0, 0.1) is 10.6 Å². The number of hydrogen-bond acceptors (Lipinski definition) is 3. The molecule has 1 aliphatic heterocycles. The number of aromatic amines is 1. The molecular weight excluding hydrogens is 310 g/mol. The molecule has 0 spiro atoms. The molecule has 0 atom stereocenters. The molecule has 100 valence electrons. The molecule has 3 nitrogen and oxygen atoms in total. The lowest BCUT2D eigenvalue weighted by Gasteiger charge is -2.27. The van der Waals surface area contributed by atoms with Gasteiger partial charge in [0.15, 0.2) is 0 Å². The van der Waals surface area contributed by atoms with E-state index in [1.54, 1.807) is 0 Å². The largest absolute Gasteiger partial charge is 0.342 e. The standard InChI is InChI=1S/C13H20BrN3S/c1-9(2)8-10-11(14)12(18)16-13(15-10)17-6-4-3-5-7-17/h9H,3-8H2,1-2H3,(H,15,16,18). The second-order valence-electron chi connectivity index (χ2n) is 5.30. The normalized spacial score (nSPS) is 16.3. The molecule has 0 unspecified atom stereocenters. The van der Waals surface area contributed by atoms with Crippen LogP contribution in [0.5, 0.6) is 0 Å². The molecule has 0 bridgehead atoms. The zero-order chi connectivity index (χ0) is 13.1. The van der Waals surface area contributed by atoms with E-state index in [0.29, 0.717) is 10.6 Å². The van der Waals surface area contributed by atoms with E-state index in [-0.39, 0.29) is 0 Å². The fraction of sp³-hybridized carbons (Fsp3) is 0.692. The first-order chi connectivity index (χ1) is 8.58. The molecule has 2 heterocycles. The van der Waals surface area contributed by atoms with Gasteiger partial charge in [-0.05, 0) is 47.5 Å². The number of piperidine rings is 1. The summed E-state index contributed by atoms with van der Waals surface area (Å²) in [4.78, 5) is 10.3. The molecule has 0 amide bonds. The smallest absolute Gasteiger partial charge is 0.204 e. The second kappa shape index (κ2) is 6.15. The van der Waals surface area contributed by atoms with Gasteiger partial charge in [-0.15, -0.1) is 0 Å². The van der Waals surface area contributed by atoms with Crippen molar-refractivity contribution in [2.24, 2.45) is 5.92 Å². The molecule has 1 fully saturated rings. The summed E-state index contributed by atoms with van der Waals surface area (Å²) in [6.45, 7) is 6.59. The molecule has 5 heteroatoms. The van der Waals surface area contributed by atoms with Gasteiger partial charge >= 0.3 is 0 Å². The third-order valence-corrected chi connectivity index (χ3v) is 4.60. The van der Waals surface area contributed by atoms with Gasteiger partial charge in [-0.2, -0.15) is 0 Å². The number of hydrogen-bond donors (Lipinski definition) is 1. The Morgan fingerprint density at radius 1 is 1.33 bits per heavy atom. The molecule has 1 N–H and O–H groups in total. The van der Waals surface area contributed by atoms with Gasteiger partial charge in [0.2, 0.25) is 5.95 Å². The maximum atomic E-state index is 5.35. The summed E-state index contributed by atoms with van der Waals surface area (Å²) in [6, 6.07) is 0. The number of anilines is 1. The summed E-state index contributed by atoms with van der Waals surface area (Å²) >= 11 is 8.90. The Bertz CT molecular complexity index is 464. The van der Waals surface area contributed by atoms with E-state index in [1.165, 1.54) is 25.0 Å². The van der Waals surface area contributed by atoms with Crippen LogP contribution in [-0.2, 0) is 6.42 Å². The number of H-pyrrole nitrogens is 1. The van der Waals surface area contributed by atoms with Crippen molar-refractivity contribution >= 4 is 34.1 Å². The number of halogens is 1. The lowest BCUT2D eigenvalue weighted by Crippen LogP contribution is -2.31. The van der Waals surface area contributed by atoms with Crippen molar-refractivity contribution in [3.63, 3.8) is 0 Å². The van der Waals surface area contributed by atoms with Gasteiger partial charge in [0, 0.05) is 18.8 Å². The molecule has 1 aromatic heterocycles. The number of rotatable bonds is 3. The molecule has 0 saturated carbocycles. The van der Waals surface area contributed by atoms with Gasteiger partial charge in [0.1, 0.15) is 4.64 Å². The molecule has 1 aromatic rings. The van der Waals surface area contributed by atoms with Crippen LogP contribution < -0.4 is 4.90 Å². The maximum absolute atomic E-state index is 5.35. The quantitative estimate of drug-likeness (QED) is 0.847. The van der Waals surface area contributed by atoms with Crippen molar-refractivity contribution in [1.82, 2.24) is 9.97 Å². The lowest BCUT2D eigenvalue weighted by atomic mass is 10.1. The summed E-state index contributed by atoms with van der Waals surface area (Å²) in [7, 11) is 0. The van der Waals surface area contributed by atoms with Crippen molar-refractivity contribution in [2.45, 2.75) is 39.5 Å². The van der Waals surface area contributed by atoms with Crippen LogP contribution in [-0.4, -0.2) is 23.1 Å². The average Bonchev–Trinajstić information content (AvgIpc) is 2.35. The van der Waals surface area contributed by atoms with E-state index in [9.17, 15) is 0 Å². The Morgan fingerprint density at radius 3 is 2.61 bits per heavy atom. The van der Waals surface area contributed by atoms with E-state index in [0.717, 1.165) is 29.9 Å². The first kappa shape index (κ1) is 14.0. The van der Waals surface area contributed by atoms with Crippen LogP contribution in [0.15, 0.2) is 4.47 Å². The van der Waals surface area contributed by atoms with Gasteiger partial charge in [-0.1, -0.05) is 26.1 Å². The Hall–Kier alpha value is -0.420. The molecule has 0 aliphatic carbocycles. The monoisotopic (exact) mass is 329 g/mol. The highest BCUT2D eigenvalue weighted by molar-refractivity contribution is 9.10. The predicted octanol–water partition coefficient (Wildman–Crippen LogP) is 4.09. The Balaban J connectivity index is 2.30. The molecule has 0 radical (unpaired) electrons. The third-order valence-electron chi connectivity index (χ3n) is 3.19. The predicted molar refractivity (Wildman–Crippen MR) is 81.7 cm³/mol. The maximum Gasteiger partial charge on any atom is 0.204 e. The molecular formula is C13H20BrN3S. The average molecular weight is 330 g/mol. The van der Waals surface area contributed by atoms with E-state index in [2.05, 4.69) is 44.6 Å². The van der Waals surface area contributed by atoms with Crippen LogP contribution in [0.2, 0.25) is 0 Å². The van der Waals surface area contributed by atoms with Gasteiger partial charge in [-0.3, -0.25) is 0 Å². The summed E-state index contributed by atoms with van der Waals surface area (Å²) in [5.74, 6) is 1.54.